The molecule has 5 heteroatoms. The van der Waals surface area contributed by atoms with Gasteiger partial charge in [0.05, 0.1) is 18.5 Å². The van der Waals surface area contributed by atoms with E-state index in [0.29, 0.717) is 6.61 Å². The number of nitrogens with one attached hydrogen (secondary N) is 1. The average Bonchev–Trinajstić information content (AvgIpc) is 2.78. The SMILES string of the molecule is COCCNc1nccn1-c1cnccc1C. The number of hydrogen-bond acceptors (Lipinski definition) is 4. The lowest BCUT2D eigenvalue weighted by atomic mass is 10.2. The summed E-state index contributed by atoms with van der Waals surface area (Å²) in [4.78, 5) is 8.41. The van der Waals surface area contributed by atoms with Crippen LogP contribution in [0.4, 0.5) is 5.95 Å². The highest BCUT2D eigenvalue weighted by atomic mass is 16.5. The second kappa shape index (κ2) is 5.45. The van der Waals surface area contributed by atoms with Crippen LogP contribution in [-0.2, 0) is 4.74 Å². The Bertz CT molecular complexity index is 481. The first kappa shape index (κ1) is 11.6. The van der Waals surface area contributed by atoms with Gasteiger partial charge in [0, 0.05) is 32.2 Å². The summed E-state index contributed by atoms with van der Waals surface area (Å²) >= 11 is 0. The first-order chi connectivity index (χ1) is 8.33. The molecule has 2 rings (SSSR count). The topological polar surface area (TPSA) is 52.0 Å². The van der Waals surface area contributed by atoms with E-state index in [0.717, 1.165) is 23.7 Å². The number of aromatic nitrogens is 3. The Morgan fingerprint density at radius 2 is 2.29 bits per heavy atom. The fraction of sp³-hybridized carbons (Fsp3) is 0.333. The van der Waals surface area contributed by atoms with E-state index in [2.05, 4.69) is 22.2 Å². The molecule has 0 atom stereocenters. The van der Waals surface area contributed by atoms with Gasteiger partial charge in [0.2, 0.25) is 5.95 Å². The Labute approximate surface area is 100 Å². The van der Waals surface area contributed by atoms with E-state index in [-0.39, 0.29) is 0 Å². The minimum Gasteiger partial charge on any atom is -0.383 e. The lowest BCUT2D eigenvalue weighted by Crippen LogP contribution is -2.12. The number of anilines is 1. The second-order valence-electron chi connectivity index (χ2n) is 3.70. The molecule has 5 nitrogen and oxygen atoms in total. The molecule has 0 amide bonds. The van der Waals surface area contributed by atoms with Crippen LogP contribution >= 0.6 is 0 Å². The Hall–Kier alpha value is -1.88. The van der Waals surface area contributed by atoms with E-state index in [4.69, 9.17) is 4.74 Å². The van der Waals surface area contributed by atoms with Crippen molar-refractivity contribution in [2.75, 3.05) is 25.6 Å². The Balaban J connectivity index is 2.22. The number of rotatable bonds is 5. The molecule has 0 aliphatic carbocycles. The molecule has 2 aromatic heterocycles. The molecule has 17 heavy (non-hydrogen) atoms. The van der Waals surface area contributed by atoms with Crippen LogP contribution in [0.25, 0.3) is 5.69 Å². The number of pyridine rings is 1. The number of imidazole rings is 1. The van der Waals surface area contributed by atoms with Gasteiger partial charge in [0.15, 0.2) is 0 Å². The van der Waals surface area contributed by atoms with E-state index >= 15 is 0 Å². The first-order valence-corrected chi connectivity index (χ1v) is 5.50. The van der Waals surface area contributed by atoms with Crippen LogP contribution in [0.5, 0.6) is 0 Å². The third-order valence-electron chi connectivity index (χ3n) is 2.50. The van der Waals surface area contributed by atoms with Crippen molar-refractivity contribution in [3.63, 3.8) is 0 Å². The lowest BCUT2D eigenvalue weighted by Gasteiger charge is -2.11. The highest BCUT2D eigenvalue weighted by molar-refractivity contribution is 5.44. The van der Waals surface area contributed by atoms with Crippen LogP contribution in [0, 0.1) is 6.92 Å². The molecule has 0 saturated carbocycles. The number of methoxy groups -OCH3 is 1. The van der Waals surface area contributed by atoms with Gasteiger partial charge in [-0.25, -0.2) is 4.98 Å². The third kappa shape index (κ3) is 2.62. The van der Waals surface area contributed by atoms with Crippen molar-refractivity contribution < 1.29 is 4.74 Å². The van der Waals surface area contributed by atoms with Crippen LogP contribution in [0.3, 0.4) is 0 Å². The van der Waals surface area contributed by atoms with Gasteiger partial charge in [-0.2, -0.15) is 0 Å². The summed E-state index contributed by atoms with van der Waals surface area (Å²) in [6.45, 7) is 3.43. The lowest BCUT2D eigenvalue weighted by molar-refractivity contribution is 0.210. The van der Waals surface area contributed by atoms with Crippen molar-refractivity contribution in [3.05, 3.63) is 36.4 Å². The van der Waals surface area contributed by atoms with Crippen LogP contribution in [0.15, 0.2) is 30.9 Å². The van der Waals surface area contributed by atoms with Crippen molar-refractivity contribution in [2.45, 2.75) is 6.92 Å². The van der Waals surface area contributed by atoms with Crippen molar-refractivity contribution in [1.29, 1.82) is 0 Å². The molecule has 2 heterocycles. The van der Waals surface area contributed by atoms with Crippen molar-refractivity contribution in [3.8, 4) is 5.69 Å². The molecule has 0 bridgehead atoms. The van der Waals surface area contributed by atoms with Gasteiger partial charge in [-0.3, -0.25) is 9.55 Å². The molecular formula is C12H16N4O. The van der Waals surface area contributed by atoms with E-state index in [1.165, 1.54) is 0 Å². The summed E-state index contributed by atoms with van der Waals surface area (Å²) in [7, 11) is 1.68. The summed E-state index contributed by atoms with van der Waals surface area (Å²) in [5.41, 5.74) is 2.19. The molecule has 0 aromatic carbocycles. The molecule has 0 unspecified atom stereocenters. The van der Waals surface area contributed by atoms with Gasteiger partial charge in [0.25, 0.3) is 0 Å². The standard InChI is InChI=1S/C12H16N4O/c1-10-3-4-13-9-11(10)16-7-5-14-12(16)15-6-8-17-2/h3-5,7,9H,6,8H2,1-2H3,(H,14,15). The minimum atomic E-state index is 0.652. The number of ether oxygens (including phenoxy) is 1. The maximum absolute atomic E-state index is 5.00. The highest BCUT2D eigenvalue weighted by Crippen LogP contribution is 2.16. The summed E-state index contributed by atoms with van der Waals surface area (Å²) in [6, 6.07) is 1.98. The van der Waals surface area contributed by atoms with Gasteiger partial charge >= 0.3 is 0 Å². The number of hydrogen-bond donors (Lipinski definition) is 1. The van der Waals surface area contributed by atoms with Crippen LogP contribution < -0.4 is 5.32 Å². The predicted molar refractivity (Wildman–Crippen MR) is 66.5 cm³/mol. The fourth-order valence-corrected chi connectivity index (χ4v) is 1.60. The Morgan fingerprint density at radius 3 is 3.06 bits per heavy atom. The normalized spacial score (nSPS) is 10.5. The zero-order valence-electron chi connectivity index (χ0n) is 10.1. The average molecular weight is 232 g/mol. The molecule has 1 N–H and O–H groups in total. The molecule has 0 radical (unpaired) electrons. The summed E-state index contributed by atoms with van der Waals surface area (Å²) < 4.78 is 6.98. The summed E-state index contributed by atoms with van der Waals surface area (Å²) in [5, 5.41) is 3.22. The van der Waals surface area contributed by atoms with Crippen molar-refractivity contribution in [2.24, 2.45) is 0 Å². The van der Waals surface area contributed by atoms with E-state index in [1.54, 1.807) is 19.5 Å². The Kier molecular flexibility index (Phi) is 3.72. The maximum atomic E-state index is 5.00. The largest absolute Gasteiger partial charge is 0.383 e. The summed E-state index contributed by atoms with van der Waals surface area (Å²) in [5.74, 6) is 0.804. The zero-order chi connectivity index (χ0) is 12.1. The smallest absolute Gasteiger partial charge is 0.207 e. The molecular weight excluding hydrogens is 216 g/mol. The van der Waals surface area contributed by atoms with Crippen LogP contribution in [0.1, 0.15) is 5.56 Å². The third-order valence-corrected chi connectivity index (χ3v) is 2.50. The number of nitrogens with zero attached hydrogens (tertiary/aromatic N) is 3. The van der Waals surface area contributed by atoms with Gasteiger partial charge in [-0.15, -0.1) is 0 Å². The van der Waals surface area contributed by atoms with Crippen molar-refractivity contribution in [1.82, 2.24) is 14.5 Å². The second-order valence-corrected chi connectivity index (χ2v) is 3.70. The van der Waals surface area contributed by atoms with Crippen LogP contribution in [-0.4, -0.2) is 34.8 Å². The predicted octanol–water partition coefficient (Wildman–Crippen LogP) is 1.63. The molecule has 0 aliphatic rings. The maximum Gasteiger partial charge on any atom is 0.207 e. The fourth-order valence-electron chi connectivity index (χ4n) is 1.60. The van der Waals surface area contributed by atoms with Crippen molar-refractivity contribution >= 4 is 5.95 Å². The molecule has 0 fully saturated rings. The van der Waals surface area contributed by atoms with Gasteiger partial charge in [-0.05, 0) is 18.6 Å². The quantitative estimate of drug-likeness (QED) is 0.796. The van der Waals surface area contributed by atoms with Gasteiger partial charge in [-0.1, -0.05) is 0 Å². The van der Waals surface area contributed by atoms with Crippen LogP contribution in [0.2, 0.25) is 0 Å². The molecule has 90 valence electrons. The monoisotopic (exact) mass is 232 g/mol. The molecule has 2 aromatic rings. The van der Waals surface area contributed by atoms with Gasteiger partial charge < -0.3 is 10.1 Å². The Morgan fingerprint density at radius 1 is 1.41 bits per heavy atom. The molecule has 0 saturated heterocycles. The zero-order valence-corrected chi connectivity index (χ0v) is 10.1. The first-order valence-electron chi connectivity index (χ1n) is 5.50. The number of aryl methyl sites for hydroxylation is 1. The van der Waals surface area contributed by atoms with Gasteiger partial charge in [0.1, 0.15) is 0 Å². The van der Waals surface area contributed by atoms with E-state index in [9.17, 15) is 0 Å². The summed E-state index contributed by atoms with van der Waals surface area (Å²) in [6.07, 6.45) is 7.30. The minimum absolute atomic E-state index is 0.652. The molecule has 0 spiro atoms. The van der Waals surface area contributed by atoms with E-state index in [1.807, 2.05) is 23.0 Å². The highest BCUT2D eigenvalue weighted by Gasteiger charge is 2.06. The van der Waals surface area contributed by atoms with E-state index < -0.39 is 0 Å². The molecule has 0 aliphatic heterocycles.